The van der Waals surface area contributed by atoms with E-state index in [2.05, 4.69) is 15.0 Å². The van der Waals surface area contributed by atoms with E-state index in [0.717, 1.165) is 0 Å². The van der Waals surface area contributed by atoms with E-state index in [-0.39, 0.29) is 17.9 Å². The molecule has 0 aliphatic heterocycles. The molecule has 0 bridgehead atoms. The summed E-state index contributed by atoms with van der Waals surface area (Å²) >= 11 is 0. The summed E-state index contributed by atoms with van der Waals surface area (Å²) in [5, 5.41) is 18.1. The zero-order valence-electron chi connectivity index (χ0n) is 13.9. The predicted molar refractivity (Wildman–Crippen MR) is 90.0 cm³/mol. The summed E-state index contributed by atoms with van der Waals surface area (Å²) in [6.45, 7) is 1.21. The Morgan fingerprint density at radius 1 is 1.12 bits per heavy atom. The van der Waals surface area contributed by atoms with Crippen molar-refractivity contribution in [1.82, 2.24) is 0 Å². The fourth-order valence-corrected chi connectivity index (χ4v) is 2.11. The Kier molecular flexibility index (Phi) is 6.22. The molecule has 2 rings (SSSR count). The number of rotatable bonds is 6. The molecular weight excluding hydrogens is 324 g/mol. The number of carbonyl (C=O) groups is 2. The summed E-state index contributed by atoms with van der Waals surface area (Å²) < 4.78 is 9.56. The van der Waals surface area contributed by atoms with Gasteiger partial charge < -0.3 is 14.6 Å². The summed E-state index contributed by atoms with van der Waals surface area (Å²) in [5.74, 6) is -1.35. The molecule has 25 heavy (non-hydrogen) atoms. The first kappa shape index (κ1) is 18.1. The Balaban J connectivity index is 2.13. The van der Waals surface area contributed by atoms with E-state index in [9.17, 15) is 14.7 Å². The minimum absolute atomic E-state index is 0.0793. The number of hydrogen-bond donors (Lipinski definition) is 1. The molecule has 0 saturated heterocycles. The van der Waals surface area contributed by atoms with E-state index >= 15 is 0 Å². The summed E-state index contributed by atoms with van der Waals surface area (Å²) in [6.07, 6.45) is -0.991. The molecule has 0 heterocycles. The van der Waals surface area contributed by atoms with Gasteiger partial charge in [0.25, 0.3) is 0 Å². The number of azo groups is 1. The van der Waals surface area contributed by atoms with Crippen LogP contribution in [-0.4, -0.2) is 30.3 Å². The Morgan fingerprint density at radius 2 is 1.84 bits per heavy atom. The molecule has 0 spiro atoms. The van der Waals surface area contributed by atoms with Gasteiger partial charge in [-0.3, -0.25) is 4.79 Å². The quantitative estimate of drug-likeness (QED) is 0.640. The lowest BCUT2D eigenvalue weighted by molar-refractivity contribution is -0.164. The standard InChI is InChI=1S/C18H18N2O5/c1-12(21)25-17(18(23)24-2)11-13-8-9-15(16(22)10-13)20-19-14-6-4-3-5-7-14/h3-10,17,22H,11H2,1-2H3/t17-/m0/s1. The highest BCUT2D eigenvalue weighted by Gasteiger charge is 2.23. The second-order valence-corrected chi connectivity index (χ2v) is 5.18. The topological polar surface area (TPSA) is 97.6 Å². The van der Waals surface area contributed by atoms with E-state index in [1.165, 1.54) is 20.1 Å². The van der Waals surface area contributed by atoms with E-state index in [1.807, 2.05) is 18.2 Å². The first-order chi connectivity index (χ1) is 12.0. The molecule has 0 aliphatic rings. The van der Waals surface area contributed by atoms with Crippen molar-refractivity contribution in [1.29, 1.82) is 0 Å². The first-order valence-electron chi connectivity index (χ1n) is 7.53. The van der Waals surface area contributed by atoms with Crippen molar-refractivity contribution in [3.05, 3.63) is 54.1 Å². The molecular formula is C18H18N2O5. The van der Waals surface area contributed by atoms with Crippen LogP contribution in [0.1, 0.15) is 12.5 Å². The maximum Gasteiger partial charge on any atom is 0.347 e. The van der Waals surface area contributed by atoms with E-state index in [1.54, 1.807) is 24.3 Å². The van der Waals surface area contributed by atoms with Crippen molar-refractivity contribution >= 4 is 23.3 Å². The van der Waals surface area contributed by atoms with E-state index in [4.69, 9.17) is 4.74 Å². The fourth-order valence-electron chi connectivity index (χ4n) is 2.11. The maximum atomic E-state index is 11.7. The third-order valence-corrected chi connectivity index (χ3v) is 3.26. The molecule has 7 heteroatoms. The molecule has 0 saturated carbocycles. The van der Waals surface area contributed by atoms with Crippen LogP contribution >= 0.6 is 0 Å². The van der Waals surface area contributed by atoms with Gasteiger partial charge in [0.15, 0.2) is 0 Å². The van der Waals surface area contributed by atoms with Crippen LogP contribution in [0.25, 0.3) is 0 Å². The smallest absolute Gasteiger partial charge is 0.347 e. The van der Waals surface area contributed by atoms with Gasteiger partial charge in [-0.25, -0.2) is 4.79 Å². The maximum absolute atomic E-state index is 11.7. The largest absolute Gasteiger partial charge is 0.506 e. The molecule has 1 N–H and O–H groups in total. The van der Waals surface area contributed by atoms with Crippen LogP contribution in [0.3, 0.4) is 0 Å². The van der Waals surface area contributed by atoms with Gasteiger partial charge in [-0.1, -0.05) is 24.3 Å². The van der Waals surface area contributed by atoms with Crippen LogP contribution in [0.5, 0.6) is 5.75 Å². The molecule has 0 aliphatic carbocycles. The number of phenolic OH excluding ortho intramolecular Hbond substituents is 1. The Labute approximate surface area is 144 Å². The number of hydrogen-bond acceptors (Lipinski definition) is 7. The summed E-state index contributed by atoms with van der Waals surface area (Å²) in [4.78, 5) is 22.8. The molecule has 0 amide bonds. The van der Waals surface area contributed by atoms with Gasteiger partial charge in [-0.2, -0.15) is 5.11 Å². The second-order valence-electron chi connectivity index (χ2n) is 5.18. The zero-order valence-corrected chi connectivity index (χ0v) is 13.9. The highest BCUT2D eigenvalue weighted by molar-refractivity contribution is 5.78. The fraction of sp³-hybridized carbons (Fsp3) is 0.222. The monoisotopic (exact) mass is 342 g/mol. The molecule has 130 valence electrons. The van der Waals surface area contributed by atoms with Crippen LogP contribution < -0.4 is 0 Å². The second kappa shape index (κ2) is 8.58. The van der Waals surface area contributed by atoms with Crippen LogP contribution in [0.4, 0.5) is 11.4 Å². The van der Waals surface area contributed by atoms with Crippen LogP contribution in [-0.2, 0) is 25.5 Å². The molecule has 0 unspecified atom stereocenters. The normalized spacial score (nSPS) is 11.9. The average Bonchev–Trinajstić information content (AvgIpc) is 2.60. The van der Waals surface area contributed by atoms with Crippen LogP contribution in [0.2, 0.25) is 0 Å². The van der Waals surface area contributed by atoms with Crippen molar-refractivity contribution in [2.75, 3.05) is 7.11 Å². The molecule has 7 nitrogen and oxygen atoms in total. The van der Waals surface area contributed by atoms with Crippen molar-refractivity contribution in [3.8, 4) is 5.75 Å². The van der Waals surface area contributed by atoms with E-state index < -0.39 is 18.0 Å². The van der Waals surface area contributed by atoms with Crippen molar-refractivity contribution in [2.45, 2.75) is 19.4 Å². The Bertz CT molecular complexity index is 774. The molecule has 2 aromatic carbocycles. The third kappa shape index (κ3) is 5.42. The highest BCUT2D eigenvalue weighted by atomic mass is 16.6. The zero-order chi connectivity index (χ0) is 18.2. The lowest BCUT2D eigenvalue weighted by Gasteiger charge is -2.14. The summed E-state index contributed by atoms with van der Waals surface area (Å²) in [5.41, 5.74) is 1.54. The number of aromatic hydroxyl groups is 1. The number of carbonyl (C=O) groups excluding carboxylic acids is 2. The third-order valence-electron chi connectivity index (χ3n) is 3.26. The number of methoxy groups -OCH3 is 1. The van der Waals surface area contributed by atoms with Crippen molar-refractivity contribution < 1.29 is 24.2 Å². The van der Waals surface area contributed by atoms with Crippen molar-refractivity contribution in [3.63, 3.8) is 0 Å². The molecule has 2 aromatic rings. The van der Waals surface area contributed by atoms with E-state index in [0.29, 0.717) is 11.3 Å². The molecule has 0 aromatic heterocycles. The number of ether oxygens (including phenoxy) is 2. The summed E-state index contributed by atoms with van der Waals surface area (Å²) in [7, 11) is 1.21. The van der Waals surface area contributed by atoms with Gasteiger partial charge in [0.05, 0.1) is 12.8 Å². The lowest BCUT2D eigenvalue weighted by atomic mass is 10.1. The van der Waals surface area contributed by atoms with Gasteiger partial charge in [0.1, 0.15) is 11.4 Å². The molecule has 0 fully saturated rings. The minimum atomic E-state index is -1.07. The Hall–Kier alpha value is -3.22. The SMILES string of the molecule is COC(=O)[C@H](Cc1ccc(N=Nc2ccccc2)c(O)c1)OC(C)=O. The van der Waals surface area contributed by atoms with Gasteiger partial charge in [-0.05, 0) is 29.8 Å². The van der Waals surface area contributed by atoms with Gasteiger partial charge >= 0.3 is 11.9 Å². The highest BCUT2D eigenvalue weighted by Crippen LogP contribution is 2.29. The average molecular weight is 342 g/mol. The van der Waals surface area contributed by atoms with Gasteiger partial charge in [-0.15, -0.1) is 5.11 Å². The first-order valence-corrected chi connectivity index (χ1v) is 7.53. The number of phenols is 1. The number of nitrogens with zero attached hydrogens (tertiary/aromatic N) is 2. The predicted octanol–water partition coefficient (Wildman–Crippen LogP) is 3.45. The van der Waals surface area contributed by atoms with Gasteiger partial charge in [0, 0.05) is 13.3 Å². The number of benzene rings is 2. The molecule has 1 atom stereocenters. The van der Waals surface area contributed by atoms with Crippen molar-refractivity contribution in [2.24, 2.45) is 10.2 Å². The minimum Gasteiger partial charge on any atom is -0.506 e. The molecule has 0 radical (unpaired) electrons. The van der Waals surface area contributed by atoms with Gasteiger partial charge in [0.2, 0.25) is 6.10 Å². The van der Waals surface area contributed by atoms with Crippen LogP contribution in [0, 0.1) is 0 Å². The van der Waals surface area contributed by atoms with Crippen LogP contribution in [0.15, 0.2) is 58.8 Å². The number of esters is 2. The summed E-state index contributed by atoms with van der Waals surface area (Å²) in [6, 6.07) is 13.8. The lowest BCUT2D eigenvalue weighted by Crippen LogP contribution is -2.29. The Morgan fingerprint density at radius 3 is 2.44 bits per heavy atom.